The average Bonchev–Trinajstić information content (AvgIpc) is 2.75. The first-order valence-corrected chi connectivity index (χ1v) is 8.26. The van der Waals surface area contributed by atoms with E-state index in [9.17, 15) is 14.0 Å². The minimum absolute atomic E-state index is 0.00266. The SMILES string of the molecule is CC(=O)N1[C@H]2CCCCC(=O)N[C@@]2(C)C[C@H]1c1ccc(F)cc1. The number of amides is 2. The van der Waals surface area contributed by atoms with Crippen molar-refractivity contribution in [2.75, 3.05) is 0 Å². The Morgan fingerprint density at radius 3 is 2.65 bits per heavy atom. The van der Waals surface area contributed by atoms with Crippen LogP contribution in [-0.2, 0) is 9.59 Å². The van der Waals surface area contributed by atoms with Crippen molar-refractivity contribution < 1.29 is 14.0 Å². The van der Waals surface area contributed by atoms with Crippen LogP contribution < -0.4 is 5.32 Å². The Labute approximate surface area is 136 Å². The van der Waals surface area contributed by atoms with Crippen molar-refractivity contribution in [3.63, 3.8) is 0 Å². The molecule has 0 aromatic heterocycles. The zero-order valence-electron chi connectivity index (χ0n) is 13.6. The number of carbonyl (C=O) groups is 2. The standard InChI is InChI=1S/C18H23FN2O2/c1-12(22)21-15(13-7-9-14(19)10-8-13)11-18(2)16(21)5-3-4-6-17(23)20-18/h7-10,15-16H,3-6,11H2,1-2H3,(H,20,23)/t15-,16-,18-/m0/s1. The summed E-state index contributed by atoms with van der Waals surface area (Å²) in [6, 6.07) is 6.19. The fourth-order valence-corrected chi connectivity index (χ4v) is 4.16. The molecular weight excluding hydrogens is 295 g/mol. The molecule has 2 aliphatic heterocycles. The Bertz CT molecular complexity index is 616. The quantitative estimate of drug-likeness (QED) is 0.865. The van der Waals surface area contributed by atoms with Crippen LogP contribution in [0.25, 0.3) is 0 Å². The first kappa shape index (κ1) is 16.0. The molecule has 5 heteroatoms. The molecule has 1 aromatic carbocycles. The third kappa shape index (κ3) is 2.96. The number of benzene rings is 1. The van der Waals surface area contributed by atoms with E-state index in [1.165, 1.54) is 12.1 Å². The molecule has 2 amide bonds. The number of halogens is 1. The van der Waals surface area contributed by atoms with Gasteiger partial charge in [-0.3, -0.25) is 9.59 Å². The lowest BCUT2D eigenvalue weighted by molar-refractivity contribution is -0.134. The topological polar surface area (TPSA) is 49.4 Å². The lowest BCUT2D eigenvalue weighted by atomic mass is 9.85. The van der Waals surface area contributed by atoms with Crippen LogP contribution in [0.2, 0.25) is 0 Å². The first-order chi connectivity index (χ1) is 10.9. The summed E-state index contributed by atoms with van der Waals surface area (Å²) in [7, 11) is 0. The van der Waals surface area contributed by atoms with Gasteiger partial charge in [0.15, 0.2) is 0 Å². The molecule has 0 spiro atoms. The normalized spacial score (nSPS) is 31.1. The summed E-state index contributed by atoms with van der Waals surface area (Å²) in [4.78, 5) is 26.3. The van der Waals surface area contributed by atoms with Crippen LogP contribution in [0.5, 0.6) is 0 Å². The molecule has 3 atom stereocenters. The van der Waals surface area contributed by atoms with Crippen LogP contribution in [0.3, 0.4) is 0 Å². The van der Waals surface area contributed by atoms with Crippen LogP contribution in [-0.4, -0.2) is 28.3 Å². The molecule has 2 saturated heterocycles. The van der Waals surface area contributed by atoms with Gasteiger partial charge in [-0.2, -0.15) is 0 Å². The molecule has 0 saturated carbocycles. The van der Waals surface area contributed by atoms with E-state index in [2.05, 4.69) is 5.32 Å². The maximum absolute atomic E-state index is 13.2. The van der Waals surface area contributed by atoms with Crippen LogP contribution in [0.1, 0.15) is 57.6 Å². The van der Waals surface area contributed by atoms with Crippen LogP contribution in [0.15, 0.2) is 24.3 Å². The third-order valence-electron chi connectivity index (χ3n) is 5.20. The zero-order valence-corrected chi connectivity index (χ0v) is 13.6. The van der Waals surface area contributed by atoms with Crippen LogP contribution >= 0.6 is 0 Å². The van der Waals surface area contributed by atoms with Gasteiger partial charge in [-0.15, -0.1) is 0 Å². The Morgan fingerprint density at radius 1 is 1.30 bits per heavy atom. The van der Waals surface area contributed by atoms with Gasteiger partial charge in [-0.25, -0.2) is 4.39 Å². The van der Waals surface area contributed by atoms with E-state index < -0.39 is 5.54 Å². The van der Waals surface area contributed by atoms with Crippen molar-refractivity contribution in [1.82, 2.24) is 10.2 Å². The number of nitrogens with zero attached hydrogens (tertiary/aromatic N) is 1. The van der Waals surface area contributed by atoms with Gasteiger partial charge < -0.3 is 10.2 Å². The number of nitrogens with one attached hydrogen (secondary N) is 1. The van der Waals surface area contributed by atoms with Gasteiger partial charge in [-0.1, -0.05) is 18.6 Å². The third-order valence-corrected chi connectivity index (χ3v) is 5.20. The molecule has 0 unspecified atom stereocenters. The van der Waals surface area contributed by atoms with Crippen molar-refractivity contribution in [2.24, 2.45) is 0 Å². The summed E-state index contributed by atoms with van der Waals surface area (Å²) >= 11 is 0. The molecule has 2 aliphatic rings. The lowest BCUT2D eigenvalue weighted by Crippen LogP contribution is -2.56. The molecule has 3 rings (SSSR count). The minimum atomic E-state index is -0.428. The molecule has 1 N–H and O–H groups in total. The van der Waals surface area contributed by atoms with Crippen molar-refractivity contribution in [2.45, 2.75) is 63.6 Å². The average molecular weight is 318 g/mol. The number of hydrogen-bond acceptors (Lipinski definition) is 2. The van der Waals surface area contributed by atoms with Crippen molar-refractivity contribution in [3.8, 4) is 0 Å². The summed E-state index contributed by atoms with van der Waals surface area (Å²) in [6.45, 7) is 3.60. The van der Waals surface area contributed by atoms with E-state index in [1.54, 1.807) is 19.1 Å². The number of fused-ring (bicyclic) bond motifs is 1. The summed E-state index contributed by atoms with van der Waals surface area (Å²) in [5.41, 5.74) is 0.492. The minimum Gasteiger partial charge on any atom is -0.349 e. The second-order valence-corrected chi connectivity index (χ2v) is 6.92. The predicted molar refractivity (Wildman–Crippen MR) is 85.1 cm³/mol. The predicted octanol–water partition coefficient (Wildman–Crippen LogP) is 2.94. The second-order valence-electron chi connectivity index (χ2n) is 6.92. The van der Waals surface area contributed by atoms with Crippen molar-refractivity contribution >= 4 is 11.8 Å². The fraction of sp³-hybridized carbons (Fsp3) is 0.556. The van der Waals surface area contributed by atoms with Crippen LogP contribution in [0.4, 0.5) is 4.39 Å². The molecule has 124 valence electrons. The first-order valence-electron chi connectivity index (χ1n) is 8.26. The van der Waals surface area contributed by atoms with Gasteiger partial charge in [0.05, 0.1) is 17.6 Å². The van der Waals surface area contributed by atoms with Gasteiger partial charge in [-0.05, 0) is 43.9 Å². The van der Waals surface area contributed by atoms with E-state index in [0.29, 0.717) is 12.8 Å². The Hall–Kier alpha value is -1.91. The summed E-state index contributed by atoms with van der Waals surface area (Å²) in [5, 5.41) is 3.15. The largest absolute Gasteiger partial charge is 0.349 e. The van der Waals surface area contributed by atoms with Gasteiger partial charge in [0.25, 0.3) is 0 Å². The number of carbonyl (C=O) groups excluding carboxylic acids is 2. The highest BCUT2D eigenvalue weighted by Gasteiger charge is 2.51. The van der Waals surface area contributed by atoms with Gasteiger partial charge in [0.2, 0.25) is 11.8 Å². The fourth-order valence-electron chi connectivity index (χ4n) is 4.16. The molecule has 2 heterocycles. The molecule has 4 nitrogen and oxygen atoms in total. The van der Waals surface area contributed by atoms with Crippen molar-refractivity contribution in [1.29, 1.82) is 0 Å². The highest BCUT2D eigenvalue weighted by molar-refractivity contribution is 5.78. The Balaban J connectivity index is 1.98. The summed E-state index contributed by atoms with van der Waals surface area (Å²) in [5.74, 6) is -0.227. The van der Waals surface area contributed by atoms with E-state index in [1.807, 2.05) is 11.8 Å². The maximum Gasteiger partial charge on any atom is 0.220 e. The molecule has 2 fully saturated rings. The van der Waals surface area contributed by atoms with Gasteiger partial charge in [0, 0.05) is 13.3 Å². The molecular formula is C18H23FN2O2. The van der Waals surface area contributed by atoms with Crippen molar-refractivity contribution in [3.05, 3.63) is 35.6 Å². The van der Waals surface area contributed by atoms with E-state index in [0.717, 1.165) is 24.8 Å². The van der Waals surface area contributed by atoms with E-state index in [4.69, 9.17) is 0 Å². The highest BCUT2D eigenvalue weighted by Crippen LogP contribution is 2.45. The Morgan fingerprint density at radius 2 is 2.00 bits per heavy atom. The number of rotatable bonds is 1. The summed E-state index contributed by atoms with van der Waals surface area (Å²) < 4.78 is 13.2. The summed E-state index contributed by atoms with van der Waals surface area (Å²) in [6.07, 6.45) is 3.88. The highest BCUT2D eigenvalue weighted by atomic mass is 19.1. The lowest BCUT2D eigenvalue weighted by Gasteiger charge is -2.37. The monoisotopic (exact) mass is 318 g/mol. The van der Waals surface area contributed by atoms with E-state index >= 15 is 0 Å². The van der Waals surface area contributed by atoms with Gasteiger partial charge in [0.1, 0.15) is 5.82 Å². The molecule has 0 aliphatic carbocycles. The smallest absolute Gasteiger partial charge is 0.220 e. The van der Waals surface area contributed by atoms with Crippen LogP contribution in [0, 0.1) is 5.82 Å². The number of likely N-dealkylation sites (tertiary alicyclic amines) is 1. The zero-order chi connectivity index (χ0) is 16.6. The molecule has 0 radical (unpaired) electrons. The Kier molecular flexibility index (Phi) is 4.13. The molecule has 0 bridgehead atoms. The maximum atomic E-state index is 13.2. The van der Waals surface area contributed by atoms with E-state index in [-0.39, 0.29) is 29.7 Å². The number of hydrogen-bond donors (Lipinski definition) is 1. The molecule has 1 aromatic rings. The second kappa shape index (κ2) is 5.95. The molecule has 23 heavy (non-hydrogen) atoms. The van der Waals surface area contributed by atoms with Gasteiger partial charge >= 0.3 is 0 Å².